The number of likely N-dealkylation sites (tertiary alicyclic amines) is 1. The van der Waals surface area contributed by atoms with Gasteiger partial charge in [-0.3, -0.25) is 4.79 Å². The molecule has 1 amide bonds. The van der Waals surface area contributed by atoms with E-state index in [-0.39, 0.29) is 5.91 Å². The molecule has 1 saturated heterocycles. The molecule has 2 aliphatic rings. The van der Waals surface area contributed by atoms with E-state index in [0.717, 1.165) is 56.1 Å². The van der Waals surface area contributed by atoms with E-state index in [9.17, 15) is 4.79 Å². The van der Waals surface area contributed by atoms with Crippen molar-refractivity contribution >= 4 is 17.2 Å². The van der Waals surface area contributed by atoms with Gasteiger partial charge in [0.15, 0.2) is 0 Å². The highest BCUT2D eigenvalue weighted by atomic mass is 32.1. The van der Waals surface area contributed by atoms with Crippen LogP contribution in [0.15, 0.2) is 6.07 Å². The van der Waals surface area contributed by atoms with Gasteiger partial charge in [-0.05, 0) is 56.2 Å². The lowest BCUT2D eigenvalue weighted by Crippen LogP contribution is -2.44. The molecule has 1 aliphatic heterocycles. The van der Waals surface area contributed by atoms with E-state index in [2.05, 4.69) is 30.1 Å². The standard InChI is InChI=1S/C17H26N2OS/c1-3-19-8-6-14(7-9-19)18-17(20)16-11-13-10-12(2)4-5-15(13)21-16/h11-12,14H,3-10H2,1-2H3,(H,18,20)/t12-/m1/s1. The first-order valence-corrected chi connectivity index (χ1v) is 9.12. The number of nitrogens with one attached hydrogen (secondary N) is 1. The Morgan fingerprint density at radius 3 is 2.86 bits per heavy atom. The number of nitrogens with zero attached hydrogens (tertiary/aromatic N) is 1. The molecular weight excluding hydrogens is 280 g/mol. The molecule has 2 heterocycles. The molecular formula is C17H26N2OS. The van der Waals surface area contributed by atoms with Crippen molar-refractivity contribution < 1.29 is 4.79 Å². The molecule has 1 aliphatic carbocycles. The van der Waals surface area contributed by atoms with Crippen LogP contribution in [-0.4, -0.2) is 36.5 Å². The zero-order chi connectivity index (χ0) is 14.8. The molecule has 3 rings (SSSR count). The fourth-order valence-corrected chi connectivity index (χ4v) is 4.58. The summed E-state index contributed by atoms with van der Waals surface area (Å²) in [7, 11) is 0. The predicted octanol–water partition coefficient (Wildman–Crippen LogP) is 3.09. The topological polar surface area (TPSA) is 32.3 Å². The normalized spacial score (nSPS) is 23.8. The number of amides is 1. The van der Waals surface area contributed by atoms with Crippen molar-refractivity contribution in [1.82, 2.24) is 10.2 Å². The number of thiophene rings is 1. The summed E-state index contributed by atoms with van der Waals surface area (Å²) < 4.78 is 0. The minimum atomic E-state index is 0.150. The summed E-state index contributed by atoms with van der Waals surface area (Å²) in [4.78, 5) is 17.3. The van der Waals surface area contributed by atoms with Crippen LogP contribution >= 0.6 is 11.3 Å². The molecule has 1 atom stereocenters. The Bertz CT molecular complexity index is 503. The van der Waals surface area contributed by atoms with Gasteiger partial charge < -0.3 is 10.2 Å². The maximum absolute atomic E-state index is 12.4. The number of carbonyl (C=O) groups excluding carboxylic acids is 1. The fourth-order valence-electron chi connectivity index (χ4n) is 3.47. The van der Waals surface area contributed by atoms with Gasteiger partial charge in [-0.25, -0.2) is 0 Å². The minimum Gasteiger partial charge on any atom is -0.349 e. The molecule has 0 bridgehead atoms. The second-order valence-electron chi connectivity index (χ2n) is 6.59. The Balaban J connectivity index is 1.59. The van der Waals surface area contributed by atoms with Crippen LogP contribution in [0.4, 0.5) is 0 Å². The molecule has 0 unspecified atom stereocenters. The summed E-state index contributed by atoms with van der Waals surface area (Å²) in [6.45, 7) is 7.86. The Kier molecular flexibility index (Phi) is 4.65. The smallest absolute Gasteiger partial charge is 0.261 e. The van der Waals surface area contributed by atoms with E-state index in [1.165, 1.54) is 16.9 Å². The molecule has 4 heteroatoms. The lowest BCUT2D eigenvalue weighted by Gasteiger charge is -2.31. The lowest BCUT2D eigenvalue weighted by molar-refractivity contribution is 0.0916. The summed E-state index contributed by atoms with van der Waals surface area (Å²) in [6, 6.07) is 2.50. The molecule has 0 spiro atoms. The molecule has 1 fully saturated rings. The van der Waals surface area contributed by atoms with Crippen LogP contribution in [0, 0.1) is 5.92 Å². The average molecular weight is 306 g/mol. The number of fused-ring (bicyclic) bond motifs is 1. The van der Waals surface area contributed by atoms with Crippen molar-refractivity contribution in [3.8, 4) is 0 Å². The van der Waals surface area contributed by atoms with Gasteiger partial charge in [-0.1, -0.05) is 13.8 Å². The summed E-state index contributed by atoms with van der Waals surface area (Å²) in [5, 5.41) is 3.24. The van der Waals surface area contributed by atoms with E-state index in [1.54, 1.807) is 11.3 Å². The first-order chi connectivity index (χ1) is 10.2. The molecule has 0 aromatic carbocycles. The van der Waals surface area contributed by atoms with Crippen LogP contribution in [0.2, 0.25) is 0 Å². The fraction of sp³-hybridized carbons (Fsp3) is 0.706. The van der Waals surface area contributed by atoms with Crippen molar-refractivity contribution in [1.29, 1.82) is 0 Å². The summed E-state index contributed by atoms with van der Waals surface area (Å²) in [6.07, 6.45) is 5.74. The average Bonchev–Trinajstić information content (AvgIpc) is 2.91. The highest BCUT2D eigenvalue weighted by Gasteiger charge is 2.23. The van der Waals surface area contributed by atoms with Crippen LogP contribution in [-0.2, 0) is 12.8 Å². The monoisotopic (exact) mass is 306 g/mol. The van der Waals surface area contributed by atoms with Crippen molar-refractivity contribution in [3.63, 3.8) is 0 Å². The molecule has 0 radical (unpaired) electrons. The van der Waals surface area contributed by atoms with Crippen LogP contribution < -0.4 is 5.32 Å². The highest BCUT2D eigenvalue weighted by molar-refractivity contribution is 7.14. The number of rotatable bonds is 3. The Morgan fingerprint density at radius 1 is 1.38 bits per heavy atom. The molecule has 116 valence electrons. The van der Waals surface area contributed by atoms with Gasteiger partial charge in [0.2, 0.25) is 0 Å². The second kappa shape index (κ2) is 6.49. The van der Waals surface area contributed by atoms with Crippen molar-refractivity contribution in [2.75, 3.05) is 19.6 Å². The van der Waals surface area contributed by atoms with Gasteiger partial charge in [0, 0.05) is 24.0 Å². The van der Waals surface area contributed by atoms with E-state index in [4.69, 9.17) is 0 Å². The first kappa shape index (κ1) is 15.0. The molecule has 1 aromatic heterocycles. The zero-order valence-electron chi connectivity index (χ0n) is 13.2. The number of hydrogen-bond acceptors (Lipinski definition) is 3. The quantitative estimate of drug-likeness (QED) is 0.931. The van der Waals surface area contributed by atoms with Crippen LogP contribution in [0.3, 0.4) is 0 Å². The van der Waals surface area contributed by atoms with Crippen LogP contribution in [0.5, 0.6) is 0 Å². The molecule has 1 N–H and O–H groups in total. The number of carbonyl (C=O) groups is 1. The first-order valence-electron chi connectivity index (χ1n) is 8.30. The minimum absolute atomic E-state index is 0.150. The third-order valence-electron chi connectivity index (χ3n) is 4.92. The van der Waals surface area contributed by atoms with E-state index >= 15 is 0 Å². The lowest BCUT2D eigenvalue weighted by atomic mass is 9.90. The molecule has 21 heavy (non-hydrogen) atoms. The third-order valence-corrected chi connectivity index (χ3v) is 6.16. The maximum Gasteiger partial charge on any atom is 0.261 e. The Morgan fingerprint density at radius 2 is 2.14 bits per heavy atom. The van der Waals surface area contributed by atoms with Gasteiger partial charge in [0.05, 0.1) is 4.88 Å². The zero-order valence-corrected chi connectivity index (χ0v) is 14.0. The second-order valence-corrected chi connectivity index (χ2v) is 7.73. The number of hydrogen-bond donors (Lipinski definition) is 1. The van der Waals surface area contributed by atoms with Gasteiger partial charge in [0.1, 0.15) is 0 Å². The van der Waals surface area contributed by atoms with E-state index in [1.807, 2.05) is 0 Å². The summed E-state index contributed by atoms with van der Waals surface area (Å²) >= 11 is 1.72. The SMILES string of the molecule is CCN1CCC(NC(=O)c2cc3c(s2)CC[C@@H](C)C3)CC1. The summed E-state index contributed by atoms with van der Waals surface area (Å²) in [5.41, 5.74) is 1.42. The molecule has 0 saturated carbocycles. The van der Waals surface area contributed by atoms with Gasteiger partial charge in [-0.15, -0.1) is 11.3 Å². The van der Waals surface area contributed by atoms with Gasteiger partial charge >= 0.3 is 0 Å². The summed E-state index contributed by atoms with van der Waals surface area (Å²) in [5.74, 6) is 0.915. The van der Waals surface area contributed by atoms with Crippen LogP contribution in [0.25, 0.3) is 0 Å². The van der Waals surface area contributed by atoms with E-state index in [0.29, 0.717) is 6.04 Å². The Hall–Kier alpha value is -0.870. The van der Waals surface area contributed by atoms with Crippen molar-refractivity contribution in [3.05, 3.63) is 21.4 Å². The Labute approximate surface area is 131 Å². The van der Waals surface area contributed by atoms with Gasteiger partial charge in [-0.2, -0.15) is 0 Å². The number of piperidine rings is 1. The van der Waals surface area contributed by atoms with Crippen molar-refractivity contribution in [2.45, 2.75) is 52.0 Å². The maximum atomic E-state index is 12.4. The molecule has 3 nitrogen and oxygen atoms in total. The van der Waals surface area contributed by atoms with Crippen LogP contribution in [0.1, 0.15) is 53.2 Å². The highest BCUT2D eigenvalue weighted by Crippen LogP contribution is 2.32. The predicted molar refractivity (Wildman–Crippen MR) is 88.1 cm³/mol. The largest absolute Gasteiger partial charge is 0.349 e. The van der Waals surface area contributed by atoms with E-state index < -0.39 is 0 Å². The van der Waals surface area contributed by atoms with Gasteiger partial charge in [0.25, 0.3) is 5.91 Å². The third kappa shape index (κ3) is 3.49. The molecule has 1 aromatic rings. The van der Waals surface area contributed by atoms with Crippen molar-refractivity contribution in [2.24, 2.45) is 5.92 Å². The number of aryl methyl sites for hydroxylation is 1.